The van der Waals surface area contributed by atoms with Crippen molar-refractivity contribution in [2.24, 2.45) is 23.2 Å². The van der Waals surface area contributed by atoms with Crippen LogP contribution in [0.4, 0.5) is 5.69 Å². The van der Waals surface area contributed by atoms with E-state index in [1.54, 1.807) is 4.90 Å². The van der Waals surface area contributed by atoms with Gasteiger partial charge in [-0.3, -0.25) is 14.4 Å². The first-order valence-electron chi connectivity index (χ1n) is 12.2. The summed E-state index contributed by atoms with van der Waals surface area (Å²) in [7, 11) is 0. The summed E-state index contributed by atoms with van der Waals surface area (Å²) in [6.07, 6.45) is 6.66. The number of carbonyl (C=O) groups is 3. The van der Waals surface area contributed by atoms with Crippen LogP contribution in [-0.2, 0) is 19.1 Å². The summed E-state index contributed by atoms with van der Waals surface area (Å²) in [4.78, 5) is 39.8. The van der Waals surface area contributed by atoms with Crippen LogP contribution in [0.1, 0.15) is 45.4 Å². The highest BCUT2D eigenvalue weighted by Crippen LogP contribution is 2.60. The number of hydrogen-bond acceptors (Lipinski definition) is 4. The fraction of sp³-hybridized carbons (Fsp3) is 0.519. The molecule has 0 unspecified atom stereocenters. The number of ether oxygens (including phenoxy) is 1. The van der Waals surface area contributed by atoms with E-state index in [1.165, 1.54) is 19.3 Å². The first-order chi connectivity index (χ1) is 16.0. The van der Waals surface area contributed by atoms with E-state index in [2.05, 4.69) is 5.32 Å². The van der Waals surface area contributed by atoms with Gasteiger partial charge in [-0.1, -0.05) is 36.4 Å². The minimum absolute atomic E-state index is 0.00387. The smallest absolute Gasteiger partial charge is 0.325 e. The molecule has 0 spiro atoms. The van der Waals surface area contributed by atoms with Crippen molar-refractivity contribution in [1.29, 1.82) is 0 Å². The van der Waals surface area contributed by atoms with E-state index < -0.39 is 5.97 Å². The summed E-state index contributed by atoms with van der Waals surface area (Å²) >= 11 is 0. The van der Waals surface area contributed by atoms with Crippen LogP contribution < -0.4 is 10.2 Å². The van der Waals surface area contributed by atoms with E-state index in [4.69, 9.17) is 4.74 Å². The van der Waals surface area contributed by atoms with Gasteiger partial charge in [0.2, 0.25) is 5.91 Å². The first-order valence-corrected chi connectivity index (χ1v) is 12.2. The van der Waals surface area contributed by atoms with E-state index in [-0.39, 0.29) is 30.4 Å². The predicted octanol–water partition coefficient (Wildman–Crippen LogP) is 4.07. The molecule has 2 amide bonds. The van der Waals surface area contributed by atoms with Crippen molar-refractivity contribution in [3.05, 3.63) is 42.5 Å². The number of nitrogens with one attached hydrogen (secondary N) is 1. The fourth-order valence-corrected chi connectivity index (χ4v) is 6.92. The van der Waals surface area contributed by atoms with Crippen LogP contribution in [0.3, 0.4) is 0 Å². The standard InChI is InChI=1S/C27H32N2O4/c1-2-29(23-9-5-7-21-6-3-4-8-22(21)23)24(30)17-33-25(31)16-28-26(32)27-13-18-10-19(14-27)12-20(11-18)15-27/h3-9,18-20H,2,10-17H2,1H3,(H,28,32). The molecule has 0 radical (unpaired) electrons. The van der Waals surface area contributed by atoms with Crippen molar-refractivity contribution >= 4 is 34.2 Å². The third-order valence-electron chi connectivity index (χ3n) is 7.94. The van der Waals surface area contributed by atoms with Crippen LogP contribution >= 0.6 is 0 Å². The molecule has 6 nitrogen and oxygen atoms in total. The molecular weight excluding hydrogens is 416 g/mol. The van der Waals surface area contributed by atoms with Crippen molar-refractivity contribution in [2.45, 2.75) is 45.4 Å². The molecule has 4 aliphatic carbocycles. The quantitative estimate of drug-likeness (QED) is 0.648. The lowest BCUT2D eigenvalue weighted by Gasteiger charge is -2.55. The molecule has 4 aliphatic rings. The Labute approximate surface area is 194 Å². The zero-order chi connectivity index (χ0) is 23.0. The molecule has 2 aromatic rings. The minimum Gasteiger partial charge on any atom is -0.454 e. The van der Waals surface area contributed by atoms with Gasteiger partial charge in [-0.15, -0.1) is 0 Å². The van der Waals surface area contributed by atoms with Gasteiger partial charge < -0.3 is 15.0 Å². The predicted molar refractivity (Wildman–Crippen MR) is 127 cm³/mol. The molecular formula is C27H32N2O4. The Morgan fingerprint density at radius 2 is 1.61 bits per heavy atom. The molecule has 2 aromatic carbocycles. The molecule has 0 heterocycles. The SMILES string of the molecule is CCN(C(=O)COC(=O)CNC(=O)C12CC3CC(CC(C3)C1)C2)c1cccc2ccccc12. The molecule has 1 N–H and O–H groups in total. The Bertz CT molecular complexity index is 1040. The second-order valence-corrected chi connectivity index (χ2v) is 10.2. The van der Waals surface area contributed by atoms with Crippen LogP contribution in [0.15, 0.2) is 42.5 Å². The lowest BCUT2D eigenvalue weighted by atomic mass is 9.49. The van der Waals surface area contributed by atoms with Crippen LogP contribution in [0.25, 0.3) is 10.8 Å². The largest absolute Gasteiger partial charge is 0.454 e. The van der Waals surface area contributed by atoms with Crippen molar-refractivity contribution in [2.75, 3.05) is 24.6 Å². The first kappa shape index (κ1) is 21.9. The summed E-state index contributed by atoms with van der Waals surface area (Å²) in [6.45, 7) is 1.83. The molecule has 4 saturated carbocycles. The number of nitrogens with zero attached hydrogens (tertiary/aromatic N) is 1. The number of anilines is 1. The summed E-state index contributed by atoms with van der Waals surface area (Å²) in [5.41, 5.74) is 0.505. The number of benzene rings is 2. The highest BCUT2D eigenvalue weighted by atomic mass is 16.5. The van der Waals surface area contributed by atoms with Crippen molar-refractivity contribution in [3.8, 4) is 0 Å². The van der Waals surface area contributed by atoms with Crippen LogP contribution in [0.2, 0.25) is 0 Å². The molecule has 6 heteroatoms. The Kier molecular flexibility index (Phi) is 5.85. The van der Waals surface area contributed by atoms with Gasteiger partial charge in [-0.05, 0) is 74.7 Å². The topological polar surface area (TPSA) is 75.7 Å². The number of amides is 2. The Hall–Kier alpha value is -2.89. The average molecular weight is 449 g/mol. The maximum Gasteiger partial charge on any atom is 0.325 e. The maximum absolute atomic E-state index is 13.0. The van der Waals surface area contributed by atoms with E-state index >= 15 is 0 Å². The monoisotopic (exact) mass is 448 g/mol. The normalized spacial score (nSPS) is 27.4. The van der Waals surface area contributed by atoms with Gasteiger partial charge in [0.1, 0.15) is 6.54 Å². The zero-order valence-corrected chi connectivity index (χ0v) is 19.2. The zero-order valence-electron chi connectivity index (χ0n) is 19.2. The van der Waals surface area contributed by atoms with Crippen molar-refractivity contribution < 1.29 is 19.1 Å². The molecule has 174 valence electrons. The molecule has 4 bridgehead atoms. The third kappa shape index (κ3) is 4.23. The number of hydrogen-bond donors (Lipinski definition) is 1. The molecule has 6 rings (SSSR count). The second kappa shape index (κ2) is 8.81. The van der Waals surface area contributed by atoms with Gasteiger partial charge in [0.05, 0.1) is 5.69 Å². The van der Waals surface area contributed by atoms with Crippen molar-refractivity contribution in [3.63, 3.8) is 0 Å². The third-order valence-corrected chi connectivity index (χ3v) is 7.94. The van der Waals surface area contributed by atoms with Crippen LogP contribution in [0.5, 0.6) is 0 Å². The number of carbonyl (C=O) groups excluding carboxylic acids is 3. The van der Waals surface area contributed by atoms with Crippen LogP contribution in [-0.4, -0.2) is 37.5 Å². The van der Waals surface area contributed by atoms with Gasteiger partial charge in [-0.25, -0.2) is 0 Å². The summed E-state index contributed by atoms with van der Waals surface area (Å²) in [5, 5.41) is 4.85. The number of likely N-dealkylation sites (N-methyl/N-ethyl adjacent to an activating group) is 1. The highest BCUT2D eigenvalue weighted by molar-refractivity contribution is 6.04. The van der Waals surface area contributed by atoms with Crippen LogP contribution in [0, 0.1) is 23.2 Å². The fourth-order valence-electron chi connectivity index (χ4n) is 6.92. The summed E-state index contributed by atoms with van der Waals surface area (Å²) < 4.78 is 5.24. The Morgan fingerprint density at radius 1 is 0.970 bits per heavy atom. The lowest BCUT2D eigenvalue weighted by Crippen LogP contribution is -2.54. The molecule has 33 heavy (non-hydrogen) atoms. The van der Waals surface area contributed by atoms with Gasteiger partial charge in [-0.2, -0.15) is 0 Å². The van der Waals surface area contributed by atoms with Gasteiger partial charge in [0, 0.05) is 17.3 Å². The minimum atomic E-state index is -0.574. The molecule has 0 aromatic heterocycles. The Balaban J connectivity index is 1.15. The van der Waals surface area contributed by atoms with Gasteiger partial charge in [0.15, 0.2) is 6.61 Å². The van der Waals surface area contributed by atoms with E-state index in [1.807, 2.05) is 49.4 Å². The lowest BCUT2D eigenvalue weighted by molar-refractivity contribution is -0.152. The van der Waals surface area contributed by atoms with Crippen molar-refractivity contribution in [1.82, 2.24) is 5.32 Å². The number of esters is 1. The Morgan fingerprint density at radius 3 is 2.27 bits per heavy atom. The van der Waals surface area contributed by atoms with E-state index in [9.17, 15) is 14.4 Å². The maximum atomic E-state index is 13.0. The molecule has 0 saturated heterocycles. The van der Waals surface area contributed by atoms with Gasteiger partial charge in [0.25, 0.3) is 5.91 Å². The molecule has 4 fully saturated rings. The second-order valence-electron chi connectivity index (χ2n) is 10.2. The molecule has 0 atom stereocenters. The molecule has 0 aliphatic heterocycles. The summed E-state index contributed by atoms with van der Waals surface area (Å²) in [5.74, 6) is 1.14. The summed E-state index contributed by atoms with van der Waals surface area (Å²) in [6, 6.07) is 13.7. The number of rotatable bonds is 7. The van der Waals surface area contributed by atoms with E-state index in [0.29, 0.717) is 24.3 Å². The van der Waals surface area contributed by atoms with Gasteiger partial charge >= 0.3 is 5.97 Å². The van der Waals surface area contributed by atoms with E-state index in [0.717, 1.165) is 35.7 Å². The highest BCUT2D eigenvalue weighted by Gasteiger charge is 2.54. The number of fused-ring (bicyclic) bond motifs is 1. The average Bonchev–Trinajstić information content (AvgIpc) is 2.81.